The predicted octanol–water partition coefficient (Wildman–Crippen LogP) is 3.48. The highest BCUT2D eigenvalue weighted by Crippen LogP contribution is 2.42. The monoisotopic (exact) mass is 308 g/mol. The Kier molecular flexibility index (Phi) is 5.54. The number of nitrogens with one attached hydrogen (secondary N) is 2. The normalized spacial score (nSPS) is 28.2. The van der Waals surface area contributed by atoms with Gasteiger partial charge >= 0.3 is 6.09 Å². The van der Waals surface area contributed by atoms with Crippen LogP contribution in [-0.2, 0) is 4.74 Å². The number of ether oxygens (including phenoxy) is 1. The number of amides is 1. The first kappa shape index (κ1) is 17.3. The van der Waals surface area contributed by atoms with Crippen molar-refractivity contribution in [3.63, 3.8) is 0 Å². The van der Waals surface area contributed by atoms with Gasteiger partial charge in [-0.15, -0.1) is 0 Å². The highest BCUT2D eigenvalue weighted by molar-refractivity contribution is 5.67. The molecule has 0 radical (unpaired) electrons. The summed E-state index contributed by atoms with van der Waals surface area (Å²) in [5, 5.41) is 6.67. The number of fused-ring (bicyclic) bond motifs is 1. The molecule has 2 rings (SSSR count). The van der Waals surface area contributed by atoms with E-state index in [0.29, 0.717) is 30.5 Å². The molecule has 2 N–H and O–H groups in total. The number of hydrogen-bond acceptors (Lipinski definition) is 3. The fourth-order valence-electron chi connectivity index (χ4n) is 3.51. The van der Waals surface area contributed by atoms with Gasteiger partial charge in [0.15, 0.2) is 0 Å². The van der Waals surface area contributed by atoms with Gasteiger partial charge in [0.2, 0.25) is 0 Å². The molecule has 1 amide bonds. The Morgan fingerprint density at radius 3 is 2.68 bits per heavy atom. The molecule has 22 heavy (non-hydrogen) atoms. The van der Waals surface area contributed by atoms with Gasteiger partial charge in [-0.05, 0) is 57.8 Å². The summed E-state index contributed by atoms with van der Waals surface area (Å²) in [7, 11) is 0. The summed E-state index contributed by atoms with van der Waals surface area (Å²) in [4.78, 5) is 11.8. The quantitative estimate of drug-likeness (QED) is 0.739. The largest absolute Gasteiger partial charge is 0.444 e. The van der Waals surface area contributed by atoms with E-state index in [-0.39, 0.29) is 6.09 Å². The molecule has 1 saturated carbocycles. The Labute approximate surface area is 135 Å². The van der Waals surface area contributed by atoms with Crippen LogP contribution in [-0.4, -0.2) is 30.3 Å². The Hall–Kier alpha value is -1.03. The smallest absolute Gasteiger partial charge is 0.407 e. The summed E-state index contributed by atoms with van der Waals surface area (Å²) in [6.45, 7) is 10.7. The zero-order chi connectivity index (χ0) is 16.3. The Balaban J connectivity index is 1.79. The van der Waals surface area contributed by atoms with Crippen molar-refractivity contribution in [2.24, 2.45) is 17.8 Å². The van der Waals surface area contributed by atoms with Crippen molar-refractivity contribution in [1.29, 1.82) is 0 Å². The number of alkyl carbamates (subject to hydrolysis) is 1. The molecule has 1 fully saturated rings. The van der Waals surface area contributed by atoms with Crippen LogP contribution < -0.4 is 10.6 Å². The summed E-state index contributed by atoms with van der Waals surface area (Å²) in [5.41, 5.74) is -0.444. The molecule has 2 aliphatic rings. The highest BCUT2D eigenvalue weighted by atomic mass is 16.6. The zero-order valence-corrected chi connectivity index (χ0v) is 14.7. The molecule has 0 spiro atoms. The lowest BCUT2D eigenvalue weighted by Crippen LogP contribution is -2.55. The third kappa shape index (κ3) is 5.01. The minimum absolute atomic E-state index is 0.312. The average Bonchev–Trinajstić information content (AvgIpc) is 2.71. The van der Waals surface area contributed by atoms with E-state index in [4.69, 9.17) is 4.74 Å². The van der Waals surface area contributed by atoms with E-state index >= 15 is 0 Å². The molecule has 2 aliphatic carbocycles. The Bertz CT molecular complexity index is 412. The molecule has 4 nitrogen and oxygen atoms in total. The molecule has 0 saturated heterocycles. The van der Waals surface area contributed by atoms with Crippen molar-refractivity contribution in [3.05, 3.63) is 12.2 Å². The van der Waals surface area contributed by atoms with E-state index < -0.39 is 5.60 Å². The second-order valence-electron chi connectivity index (χ2n) is 8.22. The van der Waals surface area contributed by atoms with Crippen LogP contribution in [0.4, 0.5) is 4.79 Å². The van der Waals surface area contributed by atoms with E-state index in [1.165, 1.54) is 12.8 Å². The van der Waals surface area contributed by atoms with Gasteiger partial charge in [0.25, 0.3) is 0 Å². The van der Waals surface area contributed by atoms with E-state index in [1.807, 2.05) is 20.8 Å². The fourth-order valence-corrected chi connectivity index (χ4v) is 3.51. The second-order valence-corrected chi connectivity index (χ2v) is 8.22. The number of carbonyl (C=O) groups is 1. The maximum Gasteiger partial charge on any atom is 0.407 e. The molecule has 0 bridgehead atoms. The van der Waals surface area contributed by atoms with Crippen molar-refractivity contribution in [2.45, 2.75) is 71.6 Å². The highest BCUT2D eigenvalue weighted by Gasteiger charge is 2.41. The van der Waals surface area contributed by atoms with Crippen LogP contribution in [0.2, 0.25) is 0 Å². The number of hydrogen-bond donors (Lipinski definition) is 2. The van der Waals surface area contributed by atoms with Crippen molar-refractivity contribution in [3.8, 4) is 0 Å². The first-order valence-corrected chi connectivity index (χ1v) is 8.64. The van der Waals surface area contributed by atoms with Gasteiger partial charge in [-0.2, -0.15) is 0 Å². The van der Waals surface area contributed by atoms with E-state index in [1.54, 1.807) is 0 Å². The van der Waals surface area contributed by atoms with Crippen LogP contribution in [0.25, 0.3) is 0 Å². The first-order chi connectivity index (χ1) is 10.2. The standard InChI is InChI=1S/C18H32N2O2/c1-12(2)9-14(11-19-17(21)22-18(3,4)5)20-16-10-13-7-6-8-15(13)16/h6,8,12-16,20H,7,9-11H2,1-5H3,(H,19,21). The van der Waals surface area contributed by atoms with Gasteiger partial charge in [0.05, 0.1) is 0 Å². The van der Waals surface area contributed by atoms with Crippen molar-refractivity contribution < 1.29 is 9.53 Å². The maximum atomic E-state index is 11.8. The van der Waals surface area contributed by atoms with Crippen LogP contribution in [0.15, 0.2) is 12.2 Å². The van der Waals surface area contributed by atoms with Gasteiger partial charge < -0.3 is 15.4 Å². The van der Waals surface area contributed by atoms with Crippen molar-refractivity contribution in [1.82, 2.24) is 10.6 Å². The topological polar surface area (TPSA) is 50.4 Å². The predicted molar refractivity (Wildman–Crippen MR) is 89.8 cm³/mol. The Morgan fingerprint density at radius 1 is 1.36 bits per heavy atom. The van der Waals surface area contributed by atoms with Gasteiger partial charge in [-0.3, -0.25) is 0 Å². The third-order valence-electron chi connectivity index (χ3n) is 4.46. The zero-order valence-electron chi connectivity index (χ0n) is 14.7. The summed E-state index contributed by atoms with van der Waals surface area (Å²) in [6.07, 6.45) is 7.92. The maximum absolute atomic E-state index is 11.8. The second kappa shape index (κ2) is 7.03. The number of rotatable bonds is 6. The molecule has 4 heteroatoms. The van der Waals surface area contributed by atoms with Gasteiger partial charge in [-0.25, -0.2) is 4.79 Å². The Morgan fingerprint density at radius 2 is 2.09 bits per heavy atom. The molecule has 4 unspecified atom stereocenters. The lowest BCUT2D eigenvalue weighted by atomic mass is 9.71. The molecule has 0 aromatic rings. The van der Waals surface area contributed by atoms with Crippen LogP contribution in [0.1, 0.15) is 53.9 Å². The average molecular weight is 308 g/mol. The minimum Gasteiger partial charge on any atom is -0.444 e. The van der Waals surface area contributed by atoms with Crippen LogP contribution in [0.5, 0.6) is 0 Å². The van der Waals surface area contributed by atoms with Gasteiger partial charge in [0.1, 0.15) is 5.60 Å². The molecule has 0 aromatic carbocycles. The summed E-state index contributed by atoms with van der Waals surface area (Å²) < 4.78 is 5.32. The van der Waals surface area contributed by atoms with Gasteiger partial charge in [0, 0.05) is 18.6 Å². The summed E-state index contributed by atoms with van der Waals surface area (Å²) >= 11 is 0. The molecule has 0 heterocycles. The molecule has 0 aliphatic heterocycles. The van der Waals surface area contributed by atoms with Crippen LogP contribution in [0.3, 0.4) is 0 Å². The summed E-state index contributed by atoms with van der Waals surface area (Å²) in [6, 6.07) is 0.889. The van der Waals surface area contributed by atoms with E-state index in [0.717, 1.165) is 12.3 Å². The SMILES string of the molecule is CC(C)CC(CNC(=O)OC(C)(C)C)NC1CC2CC=CC21. The number of allylic oxidation sites excluding steroid dienone is 1. The molecule has 4 atom stereocenters. The lowest BCUT2D eigenvalue weighted by Gasteiger charge is -2.43. The van der Waals surface area contributed by atoms with E-state index in [9.17, 15) is 4.79 Å². The fraction of sp³-hybridized carbons (Fsp3) is 0.833. The van der Waals surface area contributed by atoms with Crippen molar-refractivity contribution in [2.75, 3.05) is 6.54 Å². The first-order valence-electron chi connectivity index (χ1n) is 8.64. The molecular formula is C18H32N2O2. The van der Waals surface area contributed by atoms with Crippen LogP contribution in [0, 0.1) is 17.8 Å². The van der Waals surface area contributed by atoms with Crippen LogP contribution >= 0.6 is 0 Å². The third-order valence-corrected chi connectivity index (χ3v) is 4.46. The van der Waals surface area contributed by atoms with Gasteiger partial charge in [-0.1, -0.05) is 26.0 Å². The molecule has 126 valence electrons. The summed E-state index contributed by atoms with van der Waals surface area (Å²) in [5.74, 6) is 2.17. The number of carbonyl (C=O) groups excluding carboxylic acids is 1. The van der Waals surface area contributed by atoms with E-state index in [2.05, 4.69) is 36.6 Å². The molecule has 0 aromatic heterocycles. The minimum atomic E-state index is -0.444. The van der Waals surface area contributed by atoms with Crippen molar-refractivity contribution >= 4 is 6.09 Å². The molecular weight excluding hydrogens is 276 g/mol. The lowest BCUT2D eigenvalue weighted by molar-refractivity contribution is 0.0514.